The molecule has 0 bridgehead atoms. The third-order valence-corrected chi connectivity index (χ3v) is 5.04. The van der Waals surface area contributed by atoms with Crippen molar-refractivity contribution in [3.8, 4) is 0 Å². The maximum absolute atomic E-state index is 13.2. The van der Waals surface area contributed by atoms with Crippen LogP contribution in [0, 0.1) is 12.7 Å². The van der Waals surface area contributed by atoms with Gasteiger partial charge in [-0.3, -0.25) is 9.73 Å². The highest BCUT2D eigenvalue weighted by Crippen LogP contribution is 2.28. The fourth-order valence-corrected chi connectivity index (χ4v) is 3.13. The Kier molecular flexibility index (Phi) is 6.89. The van der Waals surface area contributed by atoms with Crippen molar-refractivity contribution in [1.29, 1.82) is 0 Å². The van der Waals surface area contributed by atoms with Crippen LogP contribution in [0.5, 0.6) is 0 Å². The van der Waals surface area contributed by atoms with Crippen molar-refractivity contribution < 1.29 is 26.0 Å². The third-order valence-electron chi connectivity index (χ3n) is 3.94. The van der Waals surface area contributed by atoms with E-state index >= 15 is 0 Å². The van der Waals surface area contributed by atoms with Crippen molar-refractivity contribution in [1.82, 2.24) is 0 Å². The molecule has 0 amide bonds. The van der Waals surface area contributed by atoms with Gasteiger partial charge in [-0.2, -0.15) is 26.7 Å². The molecule has 0 aliphatic carbocycles. The van der Waals surface area contributed by atoms with Crippen molar-refractivity contribution in [2.75, 3.05) is 16.3 Å². The van der Waals surface area contributed by atoms with Gasteiger partial charge in [0.05, 0.1) is 17.1 Å². The number of aryl methyl sites for hydroxylation is 1. The highest BCUT2D eigenvalue weighted by molar-refractivity contribution is 7.93. The van der Waals surface area contributed by atoms with Crippen molar-refractivity contribution in [3.63, 3.8) is 0 Å². The second-order valence-corrected chi connectivity index (χ2v) is 8.06. The van der Waals surface area contributed by atoms with Crippen molar-refractivity contribution in [2.24, 2.45) is 5.10 Å². The van der Waals surface area contributed by atoms with Crippen LogP contribution in [-0.4, -0.2) is 26.2 Å². The highest BCUT2D eigenvalue weighted by atomic mass is 32.2. The molecule has 158 valence electrons. The van der Waals surface area contributed by atoms with E-state index in [2.05, 4.69) is 5.10 Å². The monoisotopic (exact) mass is 431 g/mol. The lowest BCUT2D eigenvalue weighted by Crippen LogP contribution is -2.30. The Morgan fingerprint density at radius 3 is 2.31 bits per heavy atom. The molecule has 0 saturated carbocycles. The fourth-order valence-electron chi connectivity index (χ4n) is 2.55. The van der Waals surface area contributed by atoms with E-state index in [1.54, 1.807) is 29.6 Å². The molecule has 0 aliphatic heterocycles. The number of halogens is 4. The number of hydrazone groups is 1. The number of alkyl halides is 3. The van der Waals surface area contributed by atoms with Crippen LogP contribution >= 0.6 is 0 Å². The molecule has 0 aromatic heterocycles. The molecule has 0 heterocycles. The second kappa shape index (κ2) is 8.81. The van der Waals surface area contributed by atoms with Crippen LogP contribution in [0.4, 0.5) is 28.9 Å². The molecule has 5 nitrogen and oxygen atoms in total. The van der Waals surface area contributed by atoms with E-state index in [-0.39, 0.29) is 11.3 Å². The first-order valence-electron chi connectivity index (χ1n) is 8.73. The lowest BCUT2D eigenvalue weighted by Gasteiger charge is -2.21. The van der Waals surface area contributed by atoms with Crippen molar-refractivity contribution in [2.45, 2.75) is 32.7 Å². The van der Waals surface area contributed by atoms with Gasteiger partial charge in [0.15, 0.2) is 0 Å². The Morgan fingerprint density at radius 1 is 1.14 bits per heavy atom. The summed E-state index contributed by atoms with van der Waals surface area (Å²) in [6, 6.07) is 9.92. The maximum atomic E-state index is 13.2. The molecule has 29 heavy (non-hydrogen) atoms. The minimum Gasteiger partial charge on any atom is -0.275 e. The Balaban J connectivity index is 2.48. The van der Waals surface area contributed by atoms with Crippen molar-refractivity contribution >= 4 is 27.1 Å². The maximum Gasteiger partial charge on any atom is 0.516 e. The van der Waals surface area contributed by atoms with E-state index in [9.17, 15) is 26.0 Å². The number of sulfonamides is 1. The highest BCUT2D eigenvalue weighted by Gasteiger charge is 2.46. The second-order valence-electron chi connectivity index (χ2n) is 6.39. The number of benzene rings is 2. The average Bonchev–Trinajstić information content (AvgIpc) is 2.62. The number of nitrogens with zero attached hydrogens (tertiary/aromatic N) is 2. The predicted octanol–water partition coefficient (Wildman–Crippen LogP) is 5.04. The first kappa shape index (κ1) is 22.7. The minimum atomic E-state index is -5.58. The molecule has 0 fully saturated rings. The quantitative estimate of drug-likeness (QED) is 0.380. The van der Waals surface area contributed by atoms with Crippen LogP contribution < -0.4 is 9.73 Å². The van der Waals surface area contributed by atoms with Crippen LogP contribution in [0.1, 0.15) is 31.4 Å². The molecular formula is C19H21F4N3O2S. The van der Waals surface area contributed by atoms with Crippen LogP contribution in [0.2, 0.25) is 0 Å². The molecule has 0 unspecified atom stereocenters. The van der Waals surface area contributed by atoms with Gasteiger partial charge in [0, 0.05) is 12.1 Å². The van der Waals surface area contributed by atoms with Crippen LogP contribution in [0.25, 0.3) is 0 Å². The molecule has 0 radical (unpaired) electrons. The lowest BCUT2D eigenvalue weighted by molar-refractivity contribution is -0.0429. The summed E-state index contributed by atoms with van der Waals surface area (Å²) in [5.74, 6) is -0.409. The number of hydrogen-bond donors (Lipinski definition) is 1. The first-order valence-corrected chi connectivity index (χ1v) is 10.2. The van der Waals surface area contributed by atoms with Gasteiger partial charge in [-0.25, -0.2) is 4.39 Å². The Hall–Kier alpha value is -2.62. The largest absolute Gasteiger partial charge is 0.516 e. The number of nitrogens with one attached hydrogen (secondary N) is 1. The average molecular weight is 431 g/mol. The van der Waals surface area contributed by atoms with Crippen LogP contribution in [0.3, 0.4) is 0 Å². The van der Waals surface area contributed by atoms with Gasteiger partial charge in [0.2, 0.25) is 0 Å². The van der Waals surface area contributed by atoms with Gasteiger partial charge in [0.25, 0.3) is 0 Å². The lowest BCUT2D eigenvalue weighted by atomic mass is 10.1. The SMILES string of the molecule is CCCN(/N=C(\C)c1cc(C)ccc1NS(=O)(=O)C(F)(F)F)c1ccc(F)cc1. The zero-order chi connectivity index (χ0) is 21.8. The molecule has 1 N–H and O–H groups in total. The Bertz CT molecular complexity index is 988. The summed E-state index contributed by atoms with van der Waals surface area (Å²) in [5, 5.41) is 6.02. The molecule has 2 aromatic carbocycles. The Morgan fingerprint density at radius 2 is 1.76 bits per heavy atom. The number of rotatable bonds is 7. The summed E-state index contributed by atoms with van der Waals surface area (Å²) < 4.78 is 76.2. The molecule has 0 aliphatic rings. The zero-order valence-electron chi connectivity index (χ0n) is 16.1. The van der Waals surface area contributed by atoms with E-state index in [1.165, 1.54) is 36.4 Å². The molecular weight excluding hydrogens is 410 g/mol. The van der Waals surface area contributed by atoms with Gasteiger partial charge in [-0.15, -0.1) is 0 Å². The number of anilines is 2. The van der Waals surface area contributed by atoms with Crippen LogP contribution in [-0.2, 0) is 10.0 Å². The van der Waals surface area contributed by atoms with Gasteiger partial charge in [-0.05, 0) is 56.7 Å². The predicted molar refractivity (Wildman–Crippen MR) is 106 cm³/mol. The smallest absolute Gasteiger partial charge is 0.275 e. The topological polar surface area (TPSA) is 61.8 Å². The van der Waals surface area contributed by atoms with Gasteiger partial charge in [-0.1, -0.05) is 18.6 Å². The molecule has 2 rings (SSSR count). The molecule has 2 aromatic rings. The summed E-state index contributed by atoms with van der Waals surface area (Å²) >= 11 is 0. The number of hydrogen-bond acceptors (Lipinski definition) is 4. The summed E-state index contributed by atoms with van der Waals surface area (Å²) in [6.45, 7) is 5.67. The van der Waals surface area contributed by atoms with E-state index in [0.717, 1.165) is 0 Å². The van der Waals surface area contributed by atoms with E-state index in [0.29, 0.717) is 29.9 Å². The Labute approximate surface area is 167 Å². The van der Waals surface area contributed by atoms with E-state index in [1.807, 2.05) is 6.92 Å². The third kappa shape index (κ3) is 5.69. The van der Waals surface area contributed by atoms with Crippen molar-refractivity contribution in [3.05, 3.63) is 59.4 Å². The fraction of sp³-hybridized carbons (Fsp3) is 0.316. The summed E-state index contributed by atoms with van der Waals surface area (Å²) in [7, 11) is -5.58. The minimum absolute atomic E-state index is 0.209. The summed E-state index contributed by atoms with van der Waals surface area (Å²) in [4.78, 5) is 0. The zero-order valence-corrected chi connectivity index (χ0v) is 16.9. The van der Waals surface area contributed by atoms with E-state index < -0.39 is 21.3 Å². The van der Waals surface area contributed by atoms with Crippen LogP contribution in [0.15, 0.2) is 47.6 Å². The first-order chi connectivity index (χ1) is 13.4. The van der Waals surface area contributed by atoms with Gasteiger partial charge in [0.1, 0.15) is 5.82 Å². The molecule has 10 heteroatoms. The normalized spacial score (nSPS) is 12.7. The molecule has 0 atom stereocenters. The molecule has 0 spiro atoms. The molecule has 0 saturated heterocycles. The summed E-state index contributed by atoms with van der Waals surface area (Å²) in [5.41, 5.74) is -3.86. The summed E-state index contributed by atoms with van der Waals surface area (Å²) in [6.07, 6.45) is 0.704. The van der Waals surface area contributed by atoms with E-state index in [4.69, 9.17) is 0 Å². The van der Waals surface area contributed by atoms with Gasteiger partial charge < -0.3 is 0 Å². The van der Waals surface area contributed by atoms with Gasteiger partial charge >= 0.3 is 15.5 Å². The standard InChI is InChI=1S/C19H21F4N3O2S/c1-4-11-26(16-8-6-15(20)7-9-16)24-14(3)17-12-13(2)5-10-18(17)25-29(27,28)19(21,22)23/h5-10,12,25H,4,11H2,1-3H3/b24-14+.